The Morgan fingerprint density at radius 2 is 1.94 bits per heavy atom. The highest BCUT2D eigenvalue weighted by Gasteiger charge is 2.19. The fourth-order valence-electron chi connectivity index (χ4n) is 2.98. The van der Waals surface area contributed by atoms with E-state index in [2.05, 4.69) is 15.0 Å². The van der Waals surface area contributed by atoms with Crippen LogP contribution in [-0.2, 0) is 6.54 Å². The maximum Gasteiger partial charge on any atom is 0.387 e. The highest BCUT2D eigenvalue weighted by Crippen LogP contribution is 2.34. The van der Waals surface area contributed by atoms with E-state index in [0.29, 0.717) is 17.9 Å². The SMILES string of the molecule is CCOc1cccc(O)c1C(=O)NCc1coc(-c2ccc(OC(F)F)c(OC(C)C)c2)n1. The number of carbonyl (C=O) groups excluding carboxylic acids is 1. The third-order valence-electron chi connectivity index (χ3n) is 4.28. The van der Waals surface area contributed by atoms with Gasteiger partial charge in [0.15, 0.2) is 11.5 Å². The van der Waals surface area contributed by atoms with E-state index in [0.717, 1.165) is 0 Å². The van der Waals surface area contributed by atoms with Gasteiger partial charge in [0, 0.05) is 5.56 Å². The molecule has 0 saturated carbocycles. The molecule has 1 heterocycles. The van der Waals surface area contributed by atoms with Gasteiger partial charge in [0.25, 0.3) is 5.91 Å². The number of benzene rings is 2. The number of alkyl halides is 2. The molecular formula is C23H24F2N2O6. The highest BCUT2D eigenvalue weighted by atomic mass is 19.3. The zero-order valence-corrected chi connectivity index (χ0v) is 18.3. The highest BCUT2D eigenvalue weighted by molar-refractivity contribution is 5.99. The number of phenols is 1. The van der Waals surface area contributed by atoms with Gasteiger partial charge in [0.1, 0.15) is 23.3 Å². The average Bonchev–Trinajstić information content (AvgIpc) is 3.22. The van der Waals surface area contributed by atoms with Crippen molar-refractivity contribution in [2.45, 2.75) is 40.0 Å². The summed E-state index contributed by atoms with van der Waals surface area (Å²) in [4.78, 5) is 16.9. The molecule has 1 aromatic heterocycles. The van der Waals surface area contributed by atoms with E-state index in [-0.39, 0.29) is 47.1 Å². The van der Waals surface area contributed by atoms with E-state index in [4.69, 9.17) is 13.9 Å². The van der Waals surface area contributed by atoms with Crippen molar-refractivity contribution >= 4 is 5.91 Å². The summed E-state index contributed by atoms with van der Waals surface area (Å²) in [5.41, 5.74) is 0.906. The fraction of sp³-hybridized carbons (Fsp3) is 0.304. The minimum absolute atomic E-state index is 0.0180. The van der Waals surface area contributed by atoms with Crippen LogP contribution in [0.3, 0.4) is 0 Å². The van der Waals surface area contributed by atoms with Crippen molar-refractivity contribution in [3.8, 4) is 34.5 Å². The number of ether oxygens (including phenoxy) is 3. The molecule has 2 aromatic carbocycles. The minimum atomic E-state index is -2.99. The Morgan fingerprint density at radius 1 is 1.15 bits per heavy atom. The van der Waals surface area contributed by atoms with Crippen LogP contribution in [0.5, 0.6) is 23.0 Å². The molecule has 3 rings (SSSR count). The molecule has 3 aromatic rings. The largest absolute Gasteiger partial charge is 0.507 e. The summed E-state index contributed by atoms with van der Waals surface area (Å²) in [6, 6.07) is 8.90. The number of nitrogens with one attached hydrogen (secondary N) is 1. The summed E-state index contributed by atoms with van der Waals surface area (Å²) in [6.45, 7) is 2.64. The molecule has 0 bridgehead atoms. The summed E-state index contributed by atoms with van der Waals surface area (Å²) in [6.07, 6.45) is 1.09. The molecule has 176 valence electrons. The van der Waals surface area contributed by atoms with Gasteiger partial charge in [-0.05, 0) is 51.1 Å². The molecule has 10 heteroatoms. The lowest BCUT2D eigenvalue weighted by molar-refractivity contribution is -0.0518. The molecule has 0 aliphatic carbocycles. The van der Waals surface area contributed by atoms with E-state index < -0.39 is 12.5 Å². The van der Waals surface area contributed by atoms with Crippen LogP contribution >= 0.6 is 0 Å². The molecular weight excluding hydrogens is 438 g/mol. The molecule has 8 nitrogen and oxygen atoms in total. The second kappa shape index (κ2) is 10.7. The second-order valence-electron chi connectivity index (χ2n) is 7.12. The van der Waals surface area contributed by atoms with Gasteiger partial charge in [-0.15, -0.1) is 0 Å². The average molecular weight is 462 g/mol. The summed E-state index contributed by atoms with van der Waals surface area (Å²) in [5.74, 6) is -0.257. The van der Waals surface area contributed by atoms with Gasteiger partial charge in [-0.25, -0.2) is 4.98 Å². The summed E-state index contributed by atoms with van der Waals surface area (Å²) in [5, 5.41) is 12.7. The number of nitrogens with zero attached hydrogens (tertiary/aromatic N) is 1. The van der Waals surface area contributed by atoms with Crippen LogP contribution in [-0.4, -0.2) is 35.3 Å². The quantitative estimate of drug-likeness (QED) is 0.448. The Kier molecular flexibility index (Phi) is 7.70. The molecule has 0 spiro atoms. The number of amides is 1. The molecule has 0 radical (unpaired) electrons. The predicted molar refractivity (Wildman–Crippen MR) is 115 cm³/mol. The van der Waals surface area contributed by atoms with Crippen molar-refractivity contribution in [2.75, 3.05) is 6.61 Å². The van der Waals surface area contributed by atoms with E-state index in [1.165, 1.54) is 30.5 Å². The van der Waals surface area contributed by atoms with Gasteiger partial charge in [-0.3, -0.25) is 4.79 Å². The van der Waals surface area contributed by atoms with Crippen LogP contribution in [0.1, 0.15) is 36.8 Å². The first-order valence-corrected chi connectivity index (χ1v) is 10.2. The Hall–Kier alpha value is -3.82. The molecule has 2 N–H and O–H groups in total. The Labute approximate surface area is 189 Å². The monoisotopic (exact) mass is 462 g/mol. The second-order valence-corrected chi connectivity index (χ2v) is 7.12. The molecule has 0 aliphatic heterocycles. The van der Waals surface area contributed by atoms with Gasteiger partial charge in [-0.1, -0.05) is 6.07 Å². The number of rotatable bonds is 10. The standard InChI is InChI=1S/C23H24F2N2O6/c1-4-30-18-7-5-6-16(28)20(18)21(29)26-11-15-12-31-22(27-15)14-8-9-17(33-23(24)25)19(10-14)32-13(2)3/h5-10,12-13,23,28H,4,11H2,1-3H3,(H,26,29). The van der Waals surface area contributed by atoms with E-state index in [9.17, 15) is 18.7 Å². The van der Waals surface area contributed by atoms with Gasteiger partial charge < -0.3 is 29.1 Å². The Morgan fingerprint density at radius 3 is 2.64 bits per heavy atom. The van der Waals surface area contributed by atoms with Crippen molar-refractivity contribution in [1.29, 1.82) is 0 Å². The molecule has 1 amide bonds. The number of oxazole rings is 1. The van der Waals surface area contributed by atoms with Crippen LogP contribution in [0.4, 0.5) is 8.78 Å². The third-order valence-corrected chi connectivity index (χ3v) is 4.28. The van der Waals surface area contributed by atoms with Gasteiger partial charge in [-0.2, -0.15) is 8.78 Å². The van der Waals surface area contributed by atoms with Crippen molar-refractivity contribution in [2.24, 2.45) is 0 Å². The molecule has 0 fully saturated rings. The van der Waals surface area contributed by atoms with E-state index >= 15 is 0 Å². The maximum absolute atomic E-state index is 12.7. The lowest BCUT2D eigenvalue weighted by Gasteiger charge is -2.15. The zero-order valence-electron chi connectivity index (χ0n) is 18.3. The minimum Gasteiger partial charge on any atom is -0.507 e. The van der Waals surface area contributed by atoms with Crippen LogP contribution in [0.2, 0.25) is 0 Å². The first-order chi connectivity index (χ1) is 15.8. The van der Waals surface area contributed by atoms with Crippen LogP contribution in [0.15, 0.2) is 47.1 Å². The van der Waals surface area contributed by atoms with Gasteiger partial charge in [0.2, 0.25) is 5.89 Å². The third kappa shape index (κ3) is 6.12. The molecule has 0 aliphatic rings. The first kappa shape index (κ1) is 23.8. The number of carbonyl (C=O) groups is 1. The summed E-state index contributed by atoms with van der Waals surface area (Å²) in [7, 11) is 0. The van der Waals surface area contributed by atoms with Crippen molar-refractivity contribution in [3.05, 3.63) is 53.9 Å². The van der Waals surface area contributed by atoms with Crippen molar-refractivity contribution in [3.63, 3.8) is 0 Å². The predicted octanol–water partition coefficient (Wildman–Crippen LogP) is 4.76. The van der Waals surface area contributed by atoms with Crippen LogP contribution in [0.25, 0.3) is 11.5 Å². The van der Waals surface area contributed by atoms with E-state index in [1.807, 2.05) is 0 Å². The van der Waals surface area contributed by atoms with E-state index in [1.54, 1.807) is 32.9 Å². The number of aromatic nitrogens is 1. The van der Waals surface area contributed by atoms with Crippen LogP contribution in [0, 0.1) is 0 Å². The summed E-state index contributed by atoms with van der Waals surface area (Å²) < 4.78 is 46.3. The number of aromatic hydroxyl groups is 1. The lowest BCUT2D eigenvalue weighted by Crippen LogP contribution is -2.23. The number of halogens is 2. The normalized spacial score (nSPS) is 11.0. The lowest BCUT2D eigenvalue weighted by atomic mass is 10.1. The number of phenolic OH excluding ortho intramolecular Hbond substituents is 1. The van der Waals surface area contributed by atoms with Gasteiger partial charge >= 0.3 is 6.61 Å². The smallest absolute Gasteiger partial charge is 0.387 e. The van der Waals surface area contributed by atoms with Crippen LogP contribution < -0.4 is 19.5 Å². The van der Waals surface area contributed by atoms with Crippen molar-refractivity contribution in [1.82, 2.24) is 10.3 Å². The fourth-order valence-corrected chi connectivity index (χ4v) is 2.98. The molecule has 33 heavy (non-hydrogen) atoms. The zero-order chi connectivity index (χ0) is 24.0. The first-order valence-electron chi connectivity index (χ1n) is 10.2. The molecule has 0 unspecified atom stereocenters. The number of hydrogen-bond acceptors (Lipinski definition) is 7. The maximum atomic E-state index is 12.7. The number of hydrogen-bond donors (Lipinski definition) is 2. The molecule has 0 atom stereocenters. The van der Waals surface area contributed by atoms with Crippen molar-refractivity contribution < 1.29 is 37.3 Å². The topological polar surface area (TPSA) is 103 Å². The molecule has 0 saturated heterocycles. The summed E-state index contributed by atoms with van der Waals surface area (Å²) >= 11 is 0. The Balaban J connectivity index is 1.75. The Bertz CT molecular complexity index is 1100. The van der Waals surface area contributed by atoms with Gasteiger partial charge in [0.05, 0.1) is 24.9 Å².